The number of hydrogen-bond donors (Lipinski definition) is 0. The van der Waals surface area contributed by atoms with Gasteiger partial charge < -0.3 is 18.6 Å². The van der Waals surface area contributed by atoms with Crippen molar-refractivity contribution in [1.82, 2.24) is 0 Å². The van der Waals surface area contributed by atoms with E-state index in [-0.39, 0.29) is 0 Å². The van der Waals surface area contributed by atoms with E-state index in [9.17, 15) is 10.5 Å². The highest BCUT2D eigenvalue weighted by Crippen LogP contribution is 2.46. The van der Waals surface area contributed by atoms with Crippen LogP contribution in [0.4, 0.5) is 34.1 Å². The Morgan fingerprint density at radius 1 is 0.359 bits per heavy atom. The second-order valence-corrected chi connectivity index (χ2v) is 17.1. The molecule has 11 aromatic rings. The van der Waals surface area contributed by atoms with Gasteiger partial charge in [-0.05, 0) is 219 Å². The summed E-state index contributed by atoms with van der Waals surface area (Å²) in [6, 6.07) is 54.8. The molecule has 0 aliphatic heterocycles. The first-order valence-electron chi connectivity index (χ1n) is 21.5. The molecule has 0 atom stereocenters. The van der Waals surface area contributed by atoms with E-state index in [4.69, 9.17) is 8.83 Å². The van der Waals surface area contributed by atoms with Gasteiger partial charge in [0.1, 0.15) is 22.3 Å². The summed E-state index contributed by atoms with van der Waals surface area (Å²) in [4.78, 5) is 4.51. The molecule has 6 nitrogen and oxygen atoms in total. The van der Waals surface area contributed by atoms with Crippen LogP contribution >= 0.6 is 0 Å². The lowest BCUT2D eigenvalue weighted by Gasteiger charge is -2.27. The molecule has 64 heavy (non-hydrogen) atoms. The summed E-state index contributed by atoms with van der Waals surface area (Å²) < 4.78 is 13.5. The molecule has 0 saturated heterocycles. The fourth-order valence-electron chi connectivity index (χ4n) is 9.51. The van der Waals surface area contributed by atoms with Gasteiger partial charge in [-0.2, -0.15) is 10.5 Å². The van der Waals surface area contributed by atoms with Crippen LogP contribution in [0.1, 0.15) is 44.5 Å². The molecule has 0 saturated carbocycles. The Bertz CT molecular complexity index is 3520. The predicted molar refractivity (Wildman–Crippen MR) is 263 cm³/mol. The molecule has 2 heterocycles. The number of nitrogens with zero attached hydrogens (tertiary/aromatic N) is 4. The van der Waals surface area contributed by atoms with Gasteiger partial charge in [-0.15, -0.1) is 0 Å². The van der Waals surface area contributed by atoms with Gasteiger partial charge in [-0.3, -0.25) is 0 Å². The van der Waals surface area contributed by atoms with Crippen LogP contribution in [0.15, 0.2) is 154 Å². The molecule has 11 rings (SSSR count). The molecule has 0 N–H and O–H groups in total. The van der Waals surface area contributed by atoms with E-state index in [2.05, 4.69) is 148 Å². The monoisotopic (exact) mass is 826 g/mol. The molecule has 2 aromatic heterocycles. The predicted octanol–water partition coefficient (Wildman–Crippen LogP) is 16.3. The molecular weight excluding hydrogens is 785 g/mol. The lowest BCUT2D eigenvalue weighted by Crippen LogP contribution is -2.11. The SMILES string of the molecule is Cc1cc(N(c2ccc(C#N)cc2)c2ccc3c(ccc4c3oc3ccc5oc6c7ccc(N(c8ccc(C#N)cc8)c8cc(C)c(C)c(C)c8)cc7ccc6c5c34)c2)cc(C)c1C. The minimum atomic E-state index is 0.624. The quantitative estimate of drug-likeness (QED) is 0.166. The summed E-state index contributed by atoms with van der Waals surface area (Å²) >= 11 is 0. The zero-order valence-corrected chi connectivity index (χ0v) is 36.5. The number of fused-ring (bicyclic) bond motifs is 11. The number of rotatable bonds is 6. The molecule has 9 aromatic carbocycles. The van der Waals surface area contributed by atoms with Crippen LogP contribution in [0.3, 0.4) is 0 Å². The summed E-state index contributed by atoms with van der Waals surface area (Å²) in [5.74, 6) is 0. The molecule has 0 aliphatic carbocycles. The van der Waals surface area contributed by atoms with Crippen molar-refractivity contribution in [3.63, 3.8) is 0 Å². The molecule has 0 fully saturated rings. The molecule has 0 amide bonds. The third-order valence-corrected chi connectivity index (χ3v) is 13.4. The van der Waals surface area contributed by atoms with Crippen molar-refractivity contribution in [3.8, 4) is 12.1 Å². The third kappa shape index (κ3) is 6.07. The average molecular weight is 827 g/mol. The van der Waals surface area contributed by atoms with Gasteiger partial charge in [0.05, 0.1) is 23.3 Å². The van der Waals surface area contributed by atoms with E-state index in [1.165, 1.54) is 33.4 Å². The summed E-state index contributed by atoms with van der Waals surface area (Å²) in [5, 5.41) is 27.4. The molecule has 0 spiro atoms. The third-order valence-electron chi connectivity index (χ3n) is 13.4. The molecule has 0 aliphatic rings. The van der Waals surface area contributed by atoms with Gasteiger partial charge in [-0.1, -0.05) is 12.1 Å². The minimum absolute atomic E-state index is 0.624. The average Bonchev–Trinajstić information content (AvgIpc) is 3.89. The van der Waals surface area contributed by atoms with E-state index in [1.807, 2.05) is 60.7 Å². The van der Waals surface area contributed by atoms with Crippen LogP contribution in [0, 0.1) is 64.2 Å². The summed E-state index contributed by atoms with van der Waals surface area (Å²) in [5.41, 5.74) is 18.1. The van der Waals surface area contributed by atoms with Crippen molar-refractivity contribution in [2.45, 2.75) is 41.5 Å². The smallest absolute Gasteiger partial charge is 0.143 e. The fraction of sp³-hybridized carbons (Fsp3) is 0.103. The largest absolute Gasteiger partial charge is 0.455 e. The van der Waals surface area contributed by atoms with Gasteiger partial charge in [0.25, 0.3) is 0 Å². The number of hydrogen-bond acceptors (Lipinski definition) is 6. The number of aryl methyl sites for hydroxylation is 4. The number of furan rings is 2. The van der Waals surface area contributed by atoms with Crippen LogP contribution in [0.2, 0.25) is 0 Å². The topological polar surface area (TPSA) is 80.3 Å². The van der Waals surface area contributed by atoms with E-state index < -0.39 is 0 Å². The molecule has 6 heteroatoms. The van der Waals surface area contributed by atoms with E-state index in [1.54, 1.807) is 0 Å². The van der Waals surface area contributed by atoms with Crippen molar-refractivity contribution >= 4 is 99.5 Å². The Morgan fingerprint density at radius 3 is 1.06 bits per heavy atom. The Labute approximate surface area is 371 Å². The van der Waals surface area contributed by atoms with Crippen molar-refractivity contribution < 1.29 is 8.83 Å². The summed E-state index contributed by atoms with van der Waals surface area (Å²) in [6.45, 7) is 12.9. The maximum absolute atomic E-state index is 9.54. The second kappa shape index (κ2) is 14.7. The standard InChI is InChI=1S/C58H42N4O2/c1-33-25-47(26-34(2)37(33)5)61(43-13-7-39(31-59)8-14-43)45-17-21-49-41(29-45)11-19-51-55-53(63-57(49)51)23-24-54-56(55)52-20-12-42-30-46(18-22-50(42)58(52)64-54)62(44-15-9-40(32-60)10-16-44)48-27-35(3)38(6)36(4)28-48/h7-30H,1-6H3. The maximum atomic E-state index is 9.54. The lowest BCUT2D eigenvalue weighted by molar-refractivity contribution is 0.666. The summed E-state index contributed by atoms with van der Waals surface area (Å²) in [7, 11) is 0. The van der Waals surface area contributed by atoms with Crippen LogP contribution in [-0.2, 0) is 0 Å². The van der Waals surface area contributed by atoms with Crippen LogP contribution < -0.4 is 9.80 Å². The first kappa shape index (κ1) is 38.6. The zero-order valence-electron chi connectivity index (χ0n) is 36.5. The maximum Gasteiger partial charge on any atom is 0.143 e. The Morgan fingerprint density at radius 2 is 0.703 bits per heavy atom. The van der Waals surface area contributed by atoms with Crippen LogP contribution in [-0.4, -0.2) is 0 Å². The lowest BCUT2D eigenvalue weighted by atomic mass is 9.99. The van der Waals surface area contributed by atoms with E-state index >= 15 is 0 Å². The van der Waals surface area contributed by atoms with Crippen molar-refractivity contribution in [2.24, 2.45) is 0 Å². The Hall–Kier alpha value is -8.32. The van der Waals surface area contributed by atoms with Crippen LogP contribution in [0.5, 0.6) is 0 Å². The normalized spacial score (nSPS) is 11.6. The highest BCUT2D eigenvalue weighted by atomic mass is 16.3. The highest BCUT2D eigenvalue weighted by molar-refractivity contribution is 6.30. The van der Waals surface area contributed by atoms with Gasteiger partial charge in [0.15, 0.2) is 0 Å². The van der Waals surface area contributed by atoms with Gasteiger partial charge in [-0.25, -0.2) is 0 Å². The van der Waals surface area contributed by atoms with Crippen LogP contribution in [0.25, 0.3) is 65.4 Å². The summed E-state index contributed by atoms with van der Waals surface area (Å²) in [6.07, 6.45) is 0. The van der Waals surface area contributed by atoms with Crippen molar-refractivity contribution in [1.29, 1.82) is 10.5 Å². The molecule has 0 unspecified atom stereocenters. The van der Waals surface area contributed by atoms with Gasteiger partial charge in [0.2, 0.25) is 0 Å². The number of nitriles is 2. The second-order valence-electron chi connectivity index (χ2n) is 17.1. The highest BCUT2D eigenvalue weighted by Gasteiger charge is 2.22. The zero-order chi connectivity index (χ0) is 44.0. The first-order valence-corrected chi connectivity index (χ1v) is 21.5. The number of anilines is 6. The van der Waals surface area contributed by atoms with Crippen molar-refractivity contribution in [3.05, 3.63) is 190 Å². The first-order chi connectivity index (χ1) is 31.1. The fourth-order valence-corrected chi connectivity index (χ4v) is 9.51. The molecule has 306 valence electrons. The Kier molecular flexibility index (Phi) is 8.84. The molecule has 0 bridgehead atoms. The van der Waals surface area contributed by atoms with Gasteiger partial charge >= 0.3 is 0 Å². The van der Waals surface area contributed by atoms with Crippen molar-refractivity contribution in [2.75, 3.05) is 9.80 Å². The molecular formula is C58H42N4O2. The number of benzene rings is 9. The minimum Gasteiger partial charge on any atom is -0.455 e. The Balaban J connectivity index is 1.04. The van der Waals surface area contributed by atoms with E-state index in [0.29, 0.717) is 11.1 Å². The van der Waals surface area contributed by atoms with E-state index in [0.717, 1.165) is 99.5 Å². The molecule has 0 radical (unpaired) electrons. The van der Waals surface area contributed by atoms with Gasteiger partial charge in [0, 0.05) is 66.4 Å².